The van der Waals surface area contributed by atoms with E-state index in [2.05, 4.69) is 27.8 Å². The first-order valence-corrected chi connectivity index (χ1v) is 12.0. The molecule has 1 amide bonds. The first-order chi connectivity index (χ1) is 17.5. The number of amides is 1. The molecule has 0 aliphatic carbocycles. The summed E-state index contributed by atoms with van der Waals surface area (Å²) in [5.41, 5.74) is 8.02. The van der Waals surface area contributed by atoms with E-state index in [9.17, 15) is 9.18 Å². The zero-order chi connectivity index (χ0) is 25.1. The summed E-state index contributed by atoms with van der Waals surface area (Å²) in [7, 11) is 0. The van der Waals surface area contributed by atoms with Crippen LogP contribution in [0.4, 0.5) is 10.2 Å². The molecule has 2 aromatic carbocycles. The second-order valence-electron chi connectivity index (χ2n) is 8.97. The minimum Gasteiger partial charge on any atom is -0.309 e. The maximum absolute atomic E-state index is 13.5. The van der Waals surface area contributed by atoms with E-state index in [4.69, 9.17) is 4.98 Å². The topological polar surface area (TPSA) is 66.9 Å². The van der Waals surface area contributed by atoms with E-state index in [0.717, 1.165) is 33.5 Å². The van der Waals surface area contributed by atoms with E-state index in [-0.39, 0.29) is 25.2 Å². The molecule has 1 aliphatic heterocycles. The average molecular weight is 495 g/mol. The van der Waals surface area contributed by atoms with Crippen molar-refractivity contribution in [1.29, 1.82) is 0 Å². The zero-order valence-corrected chi connectivity index (χ0v) is 20.3. The maximum Gasteiger partial charge on any atom is 0.243 e. The number of carbonyl (C=O) groups is 1. The van der Waals surface area contributed by atoms with Crippen LogP contribution in [-0.4, -0.2) is 21.9 Å². The summed E-state index contributed by atoms with van der Waals surface area (Å²) >= 11 is 0. The molecule has 37 heavy (non-hydrogen) atoms. The van der Waals surface area contributed by atoms with Gasteiger partial charge in [-0.2, -0.15) is 0 Å². The molecule has 0 saturated heterocycles. The van der Waals surface area contributed by atoms with Crippen LogP contribution in [0.2, 0.25) is 0 Å². The zero-order valence-electron chi connectivity index (χ0n) is 20.3. The van der Waals surface area contributed by atoms with Crippen LogP contribution in [0.1, 0.15) is 47.9 Å². The monoisotopic (exact) mass is 494 g/mol. The number of rotatable bonds is 5. The average Bonchev–Trinajstić information content (AvgIpc) is 2.90. The lowest BCUT2D eigenvalue weighted by Crippen LogP contribution is -2.44. The first-order valence-electron chi connectivity index (χ1n) is 12.0. The summed E-state index contributed by atoms with van der Waals surface area (Å²) in [5, 5.41) is 6.29. The van der Waals surface area contributed by atoms with Crippen molar-refractivity contribution in [3.63, 3.8) is 0 Å². The summed E-state index contributed by atoms with van der Waals surface area (Å²) in [6.07, 6.45) is 4.14. The third kappa shape index (κ3) is 5.65. The van der Waals surface area contributed by atoms with E-state index in [0.29, 0.717) is 18.8 Å². The van der Waals surface area contributed by atoms with Crippen molar-refractivity contribution in [3.8, 4) is 0 Å². The lowest BCUT2D eigenvalue weighted by Gasteiger charge is -2.25. The lowest BCUT2D eigenvalue weighted by atomic mass is 9.90. The van der Waals surface area contributed by atoms with Gasteiger partial charge in [-0.05, 0) is 90.1 Å². The highest BCUT2D eigenvalue weighted by Crippen LogP contribution is 2.33. The van der Waals surface area contributed by atoms with E-state index >= 15 is 0 Å². The van der Waals surface area contributed by atoms with Crippen molar-refractivity contribution in [2.45, 2.75) is 40.3 Å². The quantitative estimate of drug-likeness (QED) is 0.347. The molecule has 4 aromatic rings. The van der Waals surface area contributed by atoms with Gasteiger partial charge in [0, 0.05) is 30.2 Å². The number of allylic oxidation sites excluding steroid dienone is 1. The second-order valence-corrected chi connectivity index (χ2v) is 8.97. The van der Waals surface area contributed by atoms with E-state index in [1.807, 2.05) is 50.2 Å². The standard InChI is InChI=1S/C30H27FN4O.CH4/c1-19(21-7-9-25(31)10-8-21)29(22-13-15-32-16-14-22)26-11-12-28(34-20(26)2)35-30(36)27-17-23-5-3-4-6-24(23)18-33-27;/h3-16,27,33H,17-18H2,1-2H3,(H,34,35,36);1H4/b29-19+;/t27-;/m0./s1. The fourth-order valence-corrected chi connectivity index (χ4v) is 4.68. The van der Waals surface area contributed by atoms with Crippen molar-refractivity contribution in [1.82, 2.24) is 15.3 Å². The van der Waals surface area contributed by atoms with Gasteiger partial charge < -0.3 is 10.6 Å². The van der Waals surface area contributed by atoms with Gasteiger partial charge in [-0.15, -0.1) is 0 Å². The number of hydrogen-bond acceptors (Lipinski definition) is 4. The van der Waals surface area contributed by atoms with Crippen LogP contribution in [-0.2, 0) is 17.8 Å². The van der Waals surface area contributed by atoms with Crippen LogP contribution in [0.5, 0.6) is 0 Å². The molecular formula is C31H31FN4O. The van der Waals surface area contributed by atoms with Gasteiger partial charge in [-0.1, -0.05) is 43.8 Å². The fraction of sp³-hybridized carbons (Fsp3) is 0.194. The molecule has 188 valence electrons. The van der Waals surface area contributed by atoms with Crippen LogP contribution >= 0.6 is 0 Å². The van der Waals surface area contributed by atoms with Crippen LogP contribution in [0.15, 0.2) is 85.2 Å². The number of pyridine rings is 2. The number of fused-ring (bicyclic) bond motifs is 1. The van der Waals surface area contributed by atoms with E-state index < -0.39 is 0 Å². The molecule has 0 fully saturated rings. The van der Waals surface area contributed by atoms with E-state index in [1.54, 1.807) is 24.5 Å². The molecule has 0 unspecified atom stereocenters. The highest BCUT2D eigenvalue weighted by molar-refractivity contribution is 5.99. The Balaban J connectivity index is 0.00000320. The minimum atomic E-state index is -0.310. The molecule has 1 aliphatic rings. The molecule has 0 saturated carbocycles. The third-order valence-corrected chi connectivity index (χ3v) is 6.63. The Morgan fingerprint density at radius 1 is 0.946 bits per heavy atom. The predicted octanol–water partition coefficient (Wildman–Crippen LogP) is 6.19. The minimum absolute atomic E-state index is 0. The lowest BCUT2D eigenvalue weighted by molar-refractivity contribution is -0.118. The molecule has 5 nitrogen and oxygen atoms in total. The molecule has 5 rings (SSSR count). The normalized spacial score (nSPS) is 15.2. The van der Waals surface area contributed by atoms with Crippen LogP contribution < -0.4 is 10.6 Å². The van der Waals surface area contributed by atoms with Gasteiger partial charge in [0.2, 0.25) is 5.91 Å². The van der Waals surface area contributed by atoms with Crippen LogP contribution in [0.3, 0.4) is 0 Å². The number of anilines is 1. The summed E-state index contributed by atoms with van der Waals surface area (Å²) in [6, 6.07) is 22.0. The second kappa shape index (κ2) is 11.3. The van der Waals surface area contributed by atoms with Gasteiger partial charge in [0.15, 0.2) is 0 Å². The van der Waals surface area contributed by atoms with Gasteiger partial charge >= 0.3 is 0 Å². The molecule has 1 atom stereocenters. The summed E-state index contributed by atoms with van der Waals surface area (Å²) in [5.74, 6) is 0.137. The highest BCUT2D eigenvalue weighted by atomic mass is 19.1. The Hall–Kier alpha value is -4.16. The Morgan fingerprint density at radius 3 is 2.35 bits per heavy atom. The maximum atomic E-state index is 13.5. The van der Waals surface area contributed by atoms with E-state index in [1.165, 1.54) is 23.3 Å². The number of aromatic nitrogens is 2. The molecule has 0 spiro atoms. The van der Waals surface area contributed by atoms with Crippen molar-refractivity contribution >= 4 is 22.9 Å². The summed E-state index contributed by atoms with van der Waals surface area (Å²) in [4.78, 5) is 21.9. The van der Waals surface area contributed by atoms with Crippen molar-refractivity contribution in [2.24, 2.45) is 0 Å². The van der Waals surface area contributed by atoms with Crippen molar-refractivity contribution in [3.05, 3.63) is 125 Å². The van der Waals surface area contributed by atoms with Gasteiger partial charge in [-0.3, -0.25) is 9.78 Å². The summed E-state index contributed by atoms with van der Waals surface area (Å²) < 4.78 is 13.5. The summed E-state index contributed by atoms with van der Waals surface area (Å²) in [6.45, 7) is 4.62. The van der Waals surface area contributed by atoms with Gasteiger partial charge in [0.25, 0.3) is 0 Å². The van der Waals surface area contributed by atoms with Crippen molar-refractivity contribution < 1.29 is 9.18 Å². The van der Waals surface area contributed by atoms with Gasteiger partial charge in [0.1, 0.15) is 11.6 Å². The predicted molar refractivity (Wildman–Crippen MR) is 147 cm³/mol. The Labute approximate surface area is 217 Å². The first kappa shape index (κ1) is 25.9. The number of carbonyl (C=O) groups excluding carboxylic acids is 1. The molecule has 6 heteroatoms. The molecule has 2 N–H and O–H groups in total. The number of hydrogen-bond donors (Lipinski definition) is 2. The highest BCUT2D eigenvalue weighted by Gasteiger charge is 2.24. The number of benzene rings is 2. The Kier molecular flexibility index (Phi) is 7.89. The number of nitrogens with zero attached hydrogens (tertiary/aromatic N) is 2. The molecular weight excluding hydrogens is 463 g/mol. The smallest absolute Gasteiger partial charge is 0.243 e. The number of halogens is 1. The third-order valence-electron chi connectivity index (χ3n) is 6.63. The molecule has 0 radical (unpaired) electrons. The molecule has 2 aromatic heterocycles. The van der Waals surface area contributed by atoms with Crippen LogP contribution in [0, 0.1) is 12.7 Å². The van der Waals surface area contributed by atoms with Gasteiger partial charge in [-0.25, -0.2) is 9.37 Å². The van der Waals surface area contributed by atoms with Crippen molar-refractivity contribution in [2.75, 3.05) is 5.32 Å². The van der Waals surface area contributed by atoms with Crippen LogP contribution in [0.25, 0.3) is 11.1 Å². The number of nitrogens with one attached hydrogen (secondary N) is 2. The largest absolute Gasteiger partial charge is 0.309 e. The Bertz CT molecular complexity index is 1430. The number of aryl methyl sites for hydroxylation is 1. The molecule has 0 bridgehead atoms. The Morgan fingerprint density at radius 2 is 1.65 bits per heavy atom. The SMILES string of the molecule is C.C/C(=C(/c1ccncc1)c1ccc(NC(=O)[C@@H]2Cc3ccccc3CN2)nc1C)c1ccc(F)cc1. The molecule has 3 heterocycles. The fourth-order valence-electron chi connectivity index (χ4n) is 4.68. The van der Waals surface area contributed by atoms with Gasteiger partial charge in [0.05, 0.1) is 6.04 Å².